The third-order valence-corrected chi connectivity index (χ3v) is 5.97. The second kappa shape index (κ2) is 11.8. The van der Waals surface area contributed by atoms with Crippen LogP contribution < -0.4 is 15.4 Å². The van der Waals surface area contributed by atoms with E-state index in [-0.39, 0.29) is 29.4 Å². The number of guanidine groups is 1. The van der Waals surface area contributed by atoms with E-state index in [2.05, 4.69) is 40.7 Å². The minimum absolute atomic E-state index is 0. The summed E-state index contributed by atoms with van der Waals surface area (Å²) in [5.41, 5.74) is 3.43. The summed E-state index contributed by atoms with van der Waals surface area (Å²) in [5, 5.41) is 7.64. The van der Waals surface area contributed by atoms with Crippen LogP contribution in [0, 0.1) is 6.92 Å². The van der Waals surface area contributed by atoms with Gasteiger partial charge in [-0.3, -0.25) is 4.99 Å². The Hall–Kier alpha value is -1.51. The highest BCUT2D eigenvalue weighted by atomic mass is 127. The maximum Gasteiger partial charge on any atom is 0.191 e. The summed E-state index contributed by atoms with van der Waals surface area (Å²) < 4.78 is 11.4. The van der Waals surface area contributed by atoms with Gasteiger partial charge in [0.05, 0.1) is 7.11 Å². The van der Waals surface area contributed by atoms with Gasteiger partial charge in [-0.25, -0.2) is 0 Å². The summed E-state index contributed by atoms with van der Waals surface area (Å²) in [6.07, 6.45) is 1.86. The number of rotatable bonds is 6. The molecule has 1 fully saturated rings. The number of aliphatic imine (C=N–C) groups is 1. The van der Waals surface area contributed by atoms with Crippen molar-refractivity contribution in [2.24, 2.45) is 4.99 Å². The Balaban J connectivity index is 0.00000320. The predicted octanol–water partition coefficient (Wildman–Crippen LogP) is 4.69. The van der Waals surface area contributed by atoms with E-state index in [9.17, 15) is 0 Å². The van der Waals surface area contributed by atoms with Crippen LogP contribution in [0.1, 0.15) is 29.5 Å². The standard InChI is InChI=1S/C23H30ClN3O2.HI/c1-17-8-9-21(28-3)19(14-17)23(10-12-29-13-11-23)16-27-22(25-2)26-15-18-6-4-5-7-20(18)24;/h4-9,14H,10-13,15-16H2,1-3H3,(H2,25,26,27);1H. The Morgan fingerprint density at radius 1 is 1.17 bits per heavy atom. The van der Waals surface area contributed by atoms with Crippen molar-refractivity contribution in [3.05, 3.63) is 64.2 Å². The van der Waals surface area contributed by atoms with Crippen molar-refractivity contribution in [2.45, 2.75) is 31.7 Å². The normalized spacial score (nSPS) is 15.8. The third kappa shape index (κ3) is 6.02. The molecule has 2 N–H and O–H groups in total. The summed E-state index contributed by atoms with van der Waals surface area (Å²) in [6.45, 7) is 4.96. The van der Waals surface area contributed by atoms with Crippen LogP contribution in [-0.2, 0) is 16.7 Å². The van der Waals surface area contributed by atoms with E-state index in [0.29, 0.717) is 6.54 Å². The third-order valence-electron chi connectivity index (χ3n) is 5.60. The van der Waals surface area contributed by atoms with E-state index in [0.717, 1.165) is 54.9 Å². The molecule has 0 spiro atoms. The second-order valence-corrected chi connectivity index (χ2v) is 7.87. The fourth-order valence-electron chi connectivity index (χ4n) is 3.83. The molecule has 0 amide bonds. The molecule has 5 nitrogen and oxygen atoms in total. The fourth-order valence-corrected chi connectivity index (χ4v) is 4.04. The van der Waals surface area contributed by atoms with E-state index in [4.69, 9.17) is 21.1 Å². The number of halogens is 2. The predicted molar refractivity (Wildman–Crippen MR) is 135 cm³/mol. The number of methoxy groups -OCH3 is 1. The monoisotopic (exact) mass is 543 g/mol. The molecule has 0 bridgehead atoms. The van der Waals surface area contributed by atoms with Crippen molar-refractivity contribution in [3.8, 4) is 5.75 Å². The zero-order valence-electron chi connectivity index (χ0n) is 17.8. The lowest BCUT2D eigenvalue weighted by Crippen LogP contribution is -2.48. The number of aryl methyl sites for hydroxylation is 1. The molecule has 2 aromatic rings. The number of nitrogens with zero attached hydrogens (tertiary/aromatic N) is 1. The van der Waals surface area contributed by atoms with Gasteiger partial charge < -0.3 is 20.1 Å². The molecule has 1 heterocycles. The SMILES string of the molecule is CN=C(NCc1ccccc1Cl)NCC1(c2cc(C)ccc2OC)CCOCC1.I. The fraction of sp³-hybridized carbons (Fsp3) is 0.435. The number of hydrogen-bond donors (Lipinski definition) is 2. The van der Waals surface area contributed by atoms with Gasteiger partial charge in [0, 0.05) is 49.4 Å². The Labute approximate surface area is 201 Å². The van der Waals surface area contributed by atoms with Gasteiger partial charge in [-0.05, 0) is 37.5 Å². The Kier molecular flexibility index (Phi) is 9.71. The highest BCUT2D eigenvalue weighted by molar-refractivity contribution is 14.0. The first-order valence-corrected chi connectivity index (χ1v) is 10.4. The first-order valence-electron chi connectivity index (χ1n) is 9.99. The topological polar surface area (TPSA) is 54.9 Å². The Morgan fingerprint density at radius 2 is 1.90 bits per heavy atom. The van der Waals surface area contributed by atoms with E-state index in [1.165, 1.54) is 11.1 Å². The average molecular weight is 544 g/mol. The van der Waals surface area contributed by atoms with Crippen LogP contribution in [0.15, 0.2) is 47.5 Å². The summed E-state index contributed by atoms with van der Waals surface area (Å²) >= 11 is 6.27. The van der Waals surface area contributed by atoms with Gasteiger partial charge in [0.15, 0.2) is 5.96 Å². The van der Waals surface area contributed by atoms with Gasteiger partial charge in [-0.15, -0.1) is 24.0 Å². The lowest BCUT2D eigenvalue weighted by molar-refractivity contribution is 0.0505. The molecule has 0 aliphatic carbocycles. The molecule has 1 aliphatic heterocycles. The van der Waals surface area contributed by atoms with Crippen molar-refractivity contribution >= 4 is 41.5 Å². The summed E-state index contributed by atoms with van der Waals surface area (Å²) in [4.78, 5) is 4.39. The number of benzene rings is 2. The van der Waals surface area contributed by atoms with Crippen LogP contribution in [0.25, 0.3) is 0 Å². The largest absolute Gasteiger partial charge is 0.496 e. The van der Waals surface area contributed by atoms with Gasteiger partial charge in [0.2, 0.25) is 0 Å². The van der Waals surface area contributed by atoms with Gasteiger partial charge >= 0.3 is 0 Å². The molecule has 0 saturated carbocycles. The smallest absolute Gasteiger partial charge is 0.191 e. The molecule has 0 unspecified atom stereocenters. The maximum atomic E-state index is 6.27. The zero-order chi connectivity index (χ0) is 20.7. The van der Waals surface area contributed by atoms with Crippen LogP contribution in [0.5, 0.6) is 5.75 Å². The molecule has 7 heteroatoms. The number of hydrogen-bond acceptors (Lipinski definition) is 3. The molecule has 3 rings (SSSR count). The first-order chi connectivity index (χ1) is 14.1. The molecule has 0 atom stereocenters. The molecular weight excluding hydrogens is 513 g/mol. The summed E-state index contributed by atoms with van der Waals surface area (Å²) in [6, 6.07) is 14.2. The van der Waals surface area contributed by atoms with Crippen LogP contribution >= 0.6 is 35.6 Å². The van der Waals surface area contributed by atoms with Crippen molar-refractivity contribution < 1.29 is 9.47 Å². The van der Waals surface area contributed by atoms with E-state index in [1.54, 1.807) is 14.2 Å². The van der Waals surface area contributed by atoms with Crippen molar-refractivity contribution in [1.82, 2.24) is 10.6 Å². The van der Waals surface area contributed by atoms with Crippen molar-refractivity contribution in [1.29, 1.82) is 0 Å². The van der Waals surface area contributed by atoms with Gasteiger partial charge in [0.1, 0.15) is 5.75 Å². The van der Waals surface area contributed by atoms with Gasteiger partial charge in [-0.2, -0.15) is 0 Å². The minimum atomic E-state index is -0.0718. The van der Waals surface area contributed by atoms with E-state index >= 15 is 0 Å². The first kappa shape index (κ1) is 24.8. The van der Waals surface area contributed by atoms with Crippen LogP contribution in [0.3, 0.4) is 0 Å². The van der Waals surface area contributed by atoms with E-state index < -0.39 is 0 Å². The summed E-state index contributed by atoms with van der Waals surface area (Å²) in [5.74, 6) is 1.68. The molecule has 0 radical (unpaired) electrons. The molecule has 1 aliphatic rings. The highest BCUT2D eigenvalue weighted by Crippen LogP contribution is 2.40. The minimum Gasteiger partial charge on any atom is -0.496 e. The maximum absolute atomic E-state index is 6.27. The average Bonchev–Trinajstić information content (AvgIpc) is 2.75. The lowest BCUT2D eigenvalue weighted by Gasteiger charge is -2.39. The molecule has 1 saturated heterocycles. The highest BCUT2D eigenvalue weighted by Gasteiger charge is 2.37. The lowest BCUT2D eigenvalue weighted by atomic mass is 9.73. The quantitative estimate of drug-likeness (QED) is 0.315. The van der Waals surface area contributed by atoms with Gasteiger partial charge in [0.25, 0.3) is 0 Å². The number of nitrogens with one attached hydrogen (secondary N) is 2. The van der Waals surface area contributed by atoms with Gasteiger partial charge in [-0.1, -0.05) is 47.5 Å². The number of ether oxygens (including phenoxy) is 2. The molecule has 164 valence electrons. The Bertz CT molecular complexity index is 854. The van der Waals surface area contributed by atoms with E-state index in [1.807, 2.05) is 24.3 Å². The summed E-state index contributed by atoms with van der Waals surface area (Å²) in [7, 11) is 3.52. The Morgan fingerprint density at radius 3 is 2.57 bits per heavy atom. The van der Waals surface area contributed by atoms with Crippen molar-refractivity contribution in [3.63, 3.8) is 0 Å². The molecule has 2 aromatic carbocycles. The molecular formula is C23H31ClIN3O2. The zero-order valence-corrected chi connectivity index (χ0v) is 20.9. The second-order valence-electron chi connectivity index (χ2n) is 7.47. The van der Waals surface area contributed by atoms with Crippen LogP contribution in [-0.4, -0.2) is 39.9 Å². The van der Waals surface area contributed by atoms with Crippen LogP contribution in [0.4, 0.5) is 0 Å². The molecule has 30 heavy (non-hydrogen) atoms. The van der Waals surface area contributed by atoms with Crippen LogP contribution in [0.2, 0.25) is 5.02 Å². The molecule has 0 aromatic heterocycles. The van der Waals surface area contributed by atoms with Crippen molar-refractivity contribution in [2.75, 3.05) is 33.9 Å².